The van der Waals surface area contributed by atoms with Gasteiger partial charge in [0.05, 0.1) is 18.6 Å². The maximum Gasteiger partial charge on any atom is 0.261 e. The summed E-state index contributed by atoms with van der Waals surface area (Å²) in [5.74, 6) is -0.356. The monoisotopic (exact) mass is 465 g/mol. The molecule has 0 aliphatic heterocycles. The number of halogens is 1. The Morgan fingerprint density at radius 1 is 1.07 bits per heavy atom. The molecular weight excluding hydrogens is 446 g/mol. The van der Waals surface area contributed by atoms with Crippen LogP contribution in [0.1, 0.15) is 15.9 Å². The molecule has 28 heavy (non-hydrogen) atoms. The van der Waals surface area contributed by atoms with Gasteiger partial charge in [0, 0.05) is 11.6 Å². The van der Waals surface area contributed by atoms with E-state index in [1.165, 1.54) is 0 Å². The molecule has 0 saturated heterocycles. The minimum Gasteiger partial charge on any atom is -0.490 e. The average molecular weight is 466 g/mol. The van der Waals surface area contributed by atoms with E-state index in [-0.39, 0.29) is 17.4 Å². The van der Waals surface area contributed by atoms with Crippen molar-refractivity contribution < 1.29 is 19.1 Å². The fourth-order valence-corrected chi connectivity index (χ4v) is 2.70. The highest BCUT2D eigenvalue weighted by molar-refractivity contribution is 9.10. The van der Waals surface area contributed by atoms with E-state index in [0.717, 1.165) is 5.56 Å². The SMILES string of the molecule is COCCOc1ccc(Br)cc1C(=O)NC(=S)NNC(=O)Cc1ccccc1. The molecule has 0 fully saturated rings. The zero-order valence-electron chi connectivity index (χ0n) is 15.2. The Labute approximate surface area is 176 Å². The molecular formula is C19H20BrN3O4S. The van der Waals surface area contributed by atoms with Crippen LogP contribution in [0.3, 0.4) is 0 Å². The molecule has 0 atom stereocenters. The molecule has 0 bridgehead atoms. The van der Waals surface area contributed by atoms with Crippen molar-refractivity contribution in [3.8, 4) is 5.75 Å². The van der Waals surface area contributed by atoms with Crippen LogP contribution >= 0.6 is 28.1 Å². The van der Waals surface area contributed by atoms with Crippen LogP contribution in [0.4, 0.5) is 0 Å². The zero-order valence-corrected chi connectivity index (χ0v) is 17.6. The van der Waals surface area contributed by atoms with Gasteiger partial charge in [-0.3, -0.25) is 25.8 Å². The molecule has 0 saturated carbocycles. The first-order valence-corrected chi connectivity index (χ1v) is 9.55. The Kier molecular flexibility index (Phi) is 8.86. The molecule has 0 aliphatic carbocycles. The van der Waals surface area contributed by atoms with Crippen molar-refractivity contribution in [3.63, 3.8) is 0 Å². The van der Waals surface area contributed by atoms with Gasteiger partial charge in [0.15, 0.2) is 5.11 Å². The first kappa shape index (κ1) is 21.8. The number of hydrogen-bond acceptors (Lipinski definition) is 5. The first-order chi connectivity index (χ1) is 13.5. The number of rotatable bonds is 7. The molecule has 2 amide bonds. The Hall–Kier alpha value is -2.49. The van der Waals surface area contributed by atoms with Crippen molar-refractivity contribution in [1.29, 1.82) is 0 Å². The second-order valence-electron chi connectivity index (χ2n) is 5.60. The third-order valence-electron chi connectivity index (χ3n) is 3.48. The molecule has 0 unspecified atom stereocenters. The van der Waals surface area contributed by atoms with Gasteiger partial charge in [-0.15, -0.1) is 0 Å². The van der Waals surface area contributed by atoms with E-state index in [9.17, 15) is 9.59 Å². The van der Waals surface area contributed by atoms with Crippen LogP contribution in [0.2, 0.25) is 0 Å². The van der Waals surface area contributed by atoms with Crippen molar-refractivity contribution in [2.24, 2.45) is 0 Å². The van der Waals surface area contributed by atoms with Crippen molar-refractivity contribution in [2.75, 3.05) is 20.3 Å². The fourth-order valence-electron chi connectivity index (χ4n) is 2.19. The lowest BCUT2D eigenvalue weighted by atomic mass is 10.1. The Morgan fingerprint density at radius 2 is 1.82 bits per heavy atom. The summed E-state index contributed by atoms with van der Waals surface area (Å²) in [6.45, 7) is 0.696. The molecule has 0 aromatic heterocycles. The van der Waals surface area contributed by atoms with Gasteiger partial charge in [0.1, 0.15) is 12.4 Å². The zero-order chi connectivity index (χ0) is 20.4. The minimum absolute atomic E-state index is 0.0331. The highest BCUT2D eigenvalue weighted by atomic mass is 79.9. The maximum absolute atomic E-state index is 12.5. The van der Waals surface area contributed by atoms with Gasteiger partial charge in [-0.25, -0.2) is 0 Å². The second kappa shape index (κ2) is 11.4. The molecule has 2 aromatic carbocycles. The topological polar surface area (TPSA) is 88.7 Å². The van der Waals surface area contributed by atoms with Gasteiger partial charge in [-0.2, -0.15) is 0 Å². The Morgan fingerprint density at radius 3 is 2.54 bits per heavy atom. The molecule has 0 radical (unpaired) electrons. The van der Waals surface area contributed by atoms with E-state index < -0.39 is 5.91 Å². The number of nitrogens with one attached hydrogen (secondary N) is 3. The molecule has 0 spiro atoms. The van der Waals surface area contributed by atoms with E-state index in [1.807, 2.05) is 30.3 Å². The van der Waals surface area contributed by atoms with Crippen molar-refractivity contribution in [3.05, 3.63) is 64.1 Å². The third-order valence-corrected chi connectivity index (χ3v) is 4.18. The lowest BCUT2D eigenvalue weighted by Crippen LogP contribution is -2.48. The number of carbonyl (C=O) groups is 2. The summed E-state index contributed by atoms with van der Waals surface area (Å²) in [6, 6.07) is 14.3. The summed E-state index contributed by atoms with van der Waals surface area (Å²) in [6.07, 6.45) is 0.188. The minimum atomic E-state index is -0.469. The summed E-state index contributed by atoms with van der Waals surface area (Å²) in [5.41, 5.74) is 6.13. The van der Waals surface area contributed by atoms with E-state index in [4.69, 9.17) is 21.7 Å². The number of thiocarbonyl (C=S) groups is 1. The molecule has 2 aromatic rings. The summed E-state index contributed by atoms with van der Waals surface area (Å²) in [5, 5.41) is 2.47. The molecule has 7 nitrogen and oxygen atoms in total. The van der Waals surface area contributed by atoms with Gasteiger partial charge in [-0.1, -0.05) is 46.3 Å². The highest BCUT2D eigenvalue weighted by Crippen LogP contribution is 2.23. The molecule has 2 rings (SSSR count). The van der Waals surface area contributed by atoms with Crippen LogP contribution in [0.25, 0.3) is 0 Å². The van der Waals surface area contributed by atoms with Crippen molar-refractivity contribution >= 4 is 45.1 Å². The van der Waals surface area contributed by atoms with Gasteiger partial charge in [0.25, 0.3) is 5.91 Å². The number of ether oxygens (including phenoxy) is 2. The number of amides is 2. The molecule has 3 N–H and O–H groups in total. The summed E-state index contributed by atoms with van der Waals surface area (Å²) in [4.78, 5) is 24.4. The molecule has 0 aliphatic rings. The second-order valence-corrected chi connectivity index (χ2v) is 6.92. The predicted molar refractivity (Wildman–Crippen MR) is 113 cm³/mol. The summed E-state index contributed by atoms with van der Waals surface area (Å²) < 4.78 is 11.2. The van der Waals surface area contributed by atoms with E-state index in [2.05, 4.69) is 32.1 Å². The van der Waals surface area contributed by atoms with E-state index in [1.54, 1.807) is 25.3 Å². The fraction of sp³-hybridized carbons (Fsp3) is 0.211. The molecule has 0 heterocycles. The summed E-state index contributed by atoms with van der Waals surface area (Å²) in [7, 11) is 1.56. The van der Waals surface area contributed by atoms with Crippen LogP contribution < -0.4 is 20.9 Å². The van der Waals surface area contributed by atoms with Gasteiger partial charge >= 0.3 is 0 Å². The van der Waals surface area contributed by atoms with Gasteiger partial charge in [0.2, 0.25) is 5.91 Å². The third kappa shape index (κ3) is 7.26. The largest absolute Gasteiger partial charge is 0.490 e. The smallest absolute Gasteiger partial charge is 0.261 e. The Bertz CT molecular complexity index is 833. The standard InChI is InChI=1S/C19H20BrN3O4S/c1-26-9-10-27-16-8-7-14(20)12-15(16)18(25)21-19(28)23-22-17(24)11-13-5-3-2-4-6-13/h2-8,12H,9-11H2,1H3,(H,22,24)(H2,21,23,25,28). The lowest BCUT2D eigenvalue weighted by Gasteiger charge is -2.14. The maximum atomic E-state index is 12.5. The van der Waals surface area contributed by atoms with Crippen LogP contribution in [0.15, 0.2) is 53.0 Å². The van der Waals surface area contributed by atoms with E-state index in [0.29, 0.717) is 29.0 Å². The van der Waals surface area contributed by atoms with Gasteiger partial charge < -0.3 is 9.47 Å². The summed E-state index contributed by atoms with van der Waals surface area (Å²) >= 11 is 8.39. The molecule has 148 valence electrons. The average Bonchev–Trinajstić information content (AvgIpc) is 2.68. The first-order valence-electron chi connectivity index (χ1n) is 8.35. The number of hydrogen-bond donors (Lipinski definition) is 3. The Balaban J connectivity index is 1.88. The predicted octanol–water partition coefficient (Wildman–Crippen LogP) is 2.35. The van der Waals surface area contributed by atoms with Crippen LogP contribution in [-0.4, -0.2) is 37.3 Å². The number of hydrazine groups is 1. The number of methoxy groups -OCH3 is 1. The highest BCUT2D eigenvalue weighted by Gasteiger charge is 2.15. The normalized spacial score (nSPS) is 10.1. The molecule has 9 heteroatoms. The number of benzene rings is 2. The van der Waals surface area contributed by atoms with Crippen LogP contribution in [0.5, 0.6) is 5.75 Å². The van der Waals surface area contributed by atoms with E-state index >= 15 is 0 Å². The van der Waals surface area contributed by atoms with Crippen molar-refractivity contribution in [1.82, 2.24) is 16.2 Å². The van der Waals surface area contributed by atoms with Gasteiger partial charge in [-0.05, 0) is 36.0 Å². The van der Waals surface area contributed by atoms with Crippen LogP contribution in [0, 0.1) is 0 Å². The van der Waals surface area contributed by atoms with Crippen molar-refractivity contribution in [2.45, 2.75) is 6.42 Å². The lowest BCUT2D eigenvalue weighted by molar-refractivity contribution is -0.121. The van der Waals surface area contributed by atoms with Crippen LogP contribution in [-0.2, 0) is 16.0 Å². The number of carbonyl (C=O) groups excluding carboxylic acids is 2. The quantitative estimate of drug-likeness (QED) is 0.330.